The van der Waals surface area contributed by atoms with Crippen molar-refractivity contribution in [2.45, 2.75) is 78.6 Å². The van der Waals surface area contributed by atoms with E-state index in [9.17, 15) is 26.4 Å². The summed E-state index contributed by atoms with van der Waals surface area (Å²) < 4.78 is 75.2. The molecule has 10 nitrogen and oxygen atoms in total. The van der Waals surface area contributed by atoms with Crippen molar-refractivity contribution in [2.24, 2.45) is 21.7 Å². The molecule has 0 bridgehead atoms. The predicted molar refractivity (Wildman–Crippen MR) is 166 cm³/mol. The van der Waals surface area contributed by atoms with Gasteiger partial charge in [-0.25, -0.2) is 22.8 Å². The fourth-order valence-corrected chi connectivity index (χ4v) is 6.54. The number of anilines is 1. The molecule has 0 aromatic carbocycles. The first-order chi connectivity index (χ1) is 19.8. The van der Waals surface area contributed by atoms with Crippen LogP contribution in [0.4, 0.5) is 19.0 Å². The van der Waals surface area contributed by atoms with Gasteiger partial charge in [0.2, 0.25) is 5.88 Å². The third kappa shape index (κ3) is 6.63. The van der Waals surface area contributed by atoms with Gasteiger partial charge in [-0.15, -0.1) is 5.10 Å². The lowest BCUT2D eigenvalue weighted by Gasteiger charge is -2.34. The van der Waals surface area contributed by atoms with Gasteiger partial charge < -0.3 is 9.64 Å². The molecule has 1 saturated carbocycles. The molecule has 15 heteroatoms. The molecule has 242 valence electrons. The van der Waals surface area contributed by atoms with Crippen LogP contribution in [0, 0.1) is 16.7 Å². The molecular formula is C29H39F3N6O4S2. The van der Waals surface area contributed by atoms with E-state index in [2.05, 4.69) is 21.7 Å². The molecule has 44 heavy (non-hydrogen) atoms. The number of nitrogens with one attached hydrogen (secondary N) is 1. The fraction of sp³-hybridized carbons (Fsp3) is 0.586. The molecule has 3 aliphatic rings. The van der Waals surface area contributed by atoms with Crippen LogP contribution in [0.1, 0.15) is 71.2 Å². The summed E-state index contributed by atoms with van der Waals surface area (Å²) in [7, 11) is -4.21. The standard InChI is InChI=1S/C29H37F3N6O4S.H2S/c1-18-14-27(5,6)37(16-18)24-20(25(39)36-43(40,41)19-13-21(33-15-19)26(2,3)4)7-8-22(34-24)38-12-9-23(35-38)42-17-28(10-11-28)29(30,31)32;/h7-9,12-13,15,18,21H,10-11,14,16-17H2,1-6H3,(H,36,39);1H2/t18-,21?;/m0./s1. The van der Waals surface area contributed by atoms with Crippen LogP contribution in [-0.4, -0.2) is 66.2 Å². The number of aromatic nitrogens is 3. The minimum absolute atomic E-state index is 0. The maximum Gasteiger partial charge on any atom is 0.397 e. The van der Waals surface area contributed by atoms with Gasteiger partial charge in [-0.05, 0) is 62.7 Å². The number of sulfonamides is 1. The Morgan fingerprint density at radius 3 is 2.39 bits per heavy atom. The lowest BCUT2D eigenvalue weighted by molar-refractivity contribution is -0.194. The number of rotatable bonds is 8. The highest BCUT2D eigenvalue weighted by Gasteiger charge is 2.64. The number of carbonyl (C=O) groups excluding carboxylic acids is 1. The minimum Gasteiger partial charge on any atom is -0.476 e. The largest absolute Gasteiger partial charge is 0.476 e. The molecule has 1 unspecified atom stereocenters. The van der Waals surface area contributed by atoms with E-state index in [1.165, 1.54) is 41.4 Å². The van der Waals surface area contributed by atoms with Gasteiger partial charge in [-0.2, -0.15) is 26.7 Å². The minimum atomic E-state index is -4.34. The Balaban J connectivity index is 0.00000442. The van der Waals surface area contributed by atoms with Crippen molar-refractivity contribution in [3.63, 3.8) is 0 Å². The molecule has 1 saturated heterocycles. The average Bonchev–Trinajstić information content (AvgIpc) is 3.22. The van der Waals surface area contributed by atoms with E-state index in [0.29, 0.717) is 6.54 Å². The third-order valence-electron chi connectivity index (χ3n) is 8.29. The number of alkyl halides is 3. The van der Waals surface area contributed by atoms with Crippen molar-refractivity contribution in [3.05, 3.63) is 40.9 Å². The molecule has 1 aliphatic carbocycles. The summed E-state index contributed by atoms with van der Waals surface area (Å²) >= 11 is 0. The fourth-order valence-electron chi connectivity index (χ4n) is 5.56. The highest BCUT2D eigenvalue weighted by atomic mass is 32.2. The second-order valence-corrected chi connectivity index (χ2v) is 15.2. The van der Waals surface area contributed by atoms with Crippen molar-refractivity contribution < 1.29 is 31.1 Å². The van der Waals surface area contributed by atoms with Gasteiger partial charge in [-0.1, -0.05) is 27.7 Å². The van der Waals surface area contributed by atoms with Crippen LogP contribution in [0.3, 0.4) is 0 Å². The van der Waals surface area contributed by atoms with E-state index in [1.807, 2.05) is 39.5 Å². The quantitative estimate of drug-likeness (QED) is 0.417. The predicted octanol–water partition coefficient (Wildman–Crippen LogP) is 5.17. The van der Waals surface area contributed by atoms with Crippen molar-refractivity contribution in [2.75, 3.05) is 18.1 Å². The first kappa shape index (κ1) is 33.8. The van der Waals surface area contributed by atoms with Crippen LogP contribution < -0.4 is 14.4 Å². The van der Waals surface area contributed by atoms with Gasteiger partial charge in [0.15, 0.2) is 5.82 Å². The number of carbonyl (C=O) groups is 1. The molecule has 2 aromatic heterocycles. The van der Waals surface area contributed by atoms with Crippen LogP contribution in [0.25, 0.3) is 5.82 Å². The van der Waals surface area contributed by atoms with E-state index in [-0.39, 0.29) is 71.7 Å². The molecule has 1 amide bonds. The zero-order valence-corrected chi connectivity index (χ0v) is 27.4. The molecule has 0 radical (unpaired) electrons. The summed E-state index contributed by atoms with van der Waals surface area (Å²) in [5.41, 5.74) is -2.46. The Kier molecular flexibility index (Phi) is 8.74. The van der Waals surface area contributed by atoms with Crippen molar-refractivity contribution >= 4 is 41.5 Å². The summed E-state index contributed by atoms with van der Waals surface area (Å²) in [4.78, 5) is 24.4. The highest BCUT2D eigenvalue weighted by molar-refractivity contribution is 7.94. The van der Waals surface area contributed by atoms with Crippen LogP contribution in [0.15, 0.2) is 40.4 Å². The molecule has 2 aromatic rings. The lowest BCUT2D eigenvalue weighted by atomic mass is 9.88. The van der Waals surface area contributed by atoms with E-state index in [4.69, 9.17) is 9.72 Å². The Hall–Kier alpha value is -3.07. The maximum absolute atomic E-state index is 13.5. The smallest absolute Gasteiger partial charge is 0.397 e. The van der Waals surface area contributed by atoms with Crippen LogP contribution in [0.2, 0.25) is 0 Å². The number of amides is 1. The number of aliphatic imine (C=N–C) groups is 1. The summed E-state index contributed by atoms with van der Waals surface area (Å²) in [6.45, 7) is 12.0. The van der Waals surface area contributed by atoms with Crippen molar-refractivity contribution in [1.29, 1.82) is 0 Å². The van der Waals surface area contributed by atoms with E-state index in [0.717, 1.165) is 6.42 Å². The van der Waals surface area contributed by atoms with Gasteiger partial charge in [0.05, 0.1) is 11.6 Å². The molecule has 5 rings (SSSR count). The first-order valence-corrected chi connectivity index (χ1v) is 15.7. The first-order valence-electron chi connectivity index (χ1n) is 14.2. The third-order valence-corrected chi connectivity index (χ3v) is 9.61. The topological polar surface area (TPSA) is 119 Å². The van der Waals surface area contributed by atoms with Gasteiger partial charge in [0.25, 0.3) is 15.9 Å². The molecule has 2 fully saturated rings. The number of hydrogen-bond donors (Lipinski definition) is 1. The van der Waals surface area contributed by atoms with E-state index in [1.54, 1.807) is 0 Å². The molecule has 0 spiro atoms. The zero-order valence-electron chi connectivity index (χ0n) is 25.6. The Morgan fingerprint density at radius 1 is 1.16 bits per heavy atom. The summed E-state index contributed by atoms with van der Waals surface area (Å²) in [5.74, 6) is 0.0111. The van der Waals surface area contributed by atoms with Gasteiger partial charge in [0, 0.05) is 30.6 Å². The summed E-state index contributed by atoms with van der Waals surface area (Å²) in [6, 6.07) is 4.08. The number of nitrogens with zero attached hydrogens (tertiary/aromatic N) is 5. The lowest BCUT2D eigenvalue weighted by Crippen LogP contribution is -2.41. The molecule has 1 N–H and O–H groups in total. The number of ether oxygens (including phenoxy) is 1. The van der Waals surface area contributed by atoms with Gasteiger partial charge >= 0.3 is 6.18 Å². The normalized spacial score (nSPS) is 22.4. The highest BCUT2D eigenvalue weighted by Crippen LogP contribution is 2.57. The summed E-state index contributed by atoms with van der Waals surface area (Å²) in [5, 5.41) is 4.25. The van der Waals surface area contributed by atoms with E-state index < -0.39 is 39.7 Å². The Labute approximate surface area is 262 Å². The Morgan fingerprint density at radius 2 is 1.84 bits per heavy atom. The Bertz CT molecular complexity index is 1590. The monoisotopic (exact) mass is 656 g/mol. The SMILES string of the molecule is C[C@@H]1CN(c2nc(-n3ccc(OCC4(C(F)(F)F)CC4)n3)ccc2C(=O)NS(=O)(=O)C2=CC(C(C)(C)C)N=C2)C(C)(C)C1.S. The van der Waals surface area contributed by atoms with Gasteiger partial charge in [-0.3, -0.25) is 9.79 Å². The maximum atomic E-state index is 13.5. The van der Waals surface area contributed by atoms with Crippen LogP contribution in [-0.2, 0) is 10.0 Å². The molecule has 2 aliphatic heterocycles. The summed E-state index contributed by atoms with van der Waals surface area (Å²) in [6.07, 6.45) is 0.811. The molecular weight excluding hydrogens is 617 g/mol. The second kappa shape index (κ2) is 11.4. The van der Waals surface area contributed by atoms with Crippen molar-refractivity contribution in [3.8, 4) is 11.7 Å². The molecule has 4 heterocycles. The number of halogens is 3. The molecule has 2 atom stereocenters. The van der Waals surface area contributed by atoms with Crippen molar-refractivity contribution in [1.82, 2.24) is 19.5 Å². The van der Waals surface area contributed by atoms with Gasteiger partial charge in [0.1, 0.15) is 22.7 Å². The number of hydrogen-bond acceptors (Lipinski definition) is 8. The second-order valence-electron chi connectivity index (χ2n) is 13.5. The van der Waals surface area contributed by atoms with Crippen LogP contribution in [0.5, 0.6) is 5.88 Å². The number of allylic oxidation sites excluding steroid dienone is 1. The zero-order chi connectivity index (χ0) is 31.6. The number of pyridine rings is 1. The van der Waals surface area contributed by atoms with Crippen LogP contribution >= 0.6 is 13.5 Å². The average molecular weight is 657 g/mol. The van der Waals surface area contributed by atoms with E-state index >= 15 is 0 Å².